The molecule has 0 heterocycles. The molecule has 0 spiro atoms. The van der Waals surface area contributed by atoms with Gasteiger partial charge in [0.2, 0.25) is 0 Å². The van der Waals surface area contributed by atoms with Gasteiger partial charge < -0.3 is 10.6 Å². The third kappa shape index (κ3) is 5.78. The zero-order valence-corrected chi connectivity index (χ0v) is 15.1. The highest BCUT2D eigenvalue weighted by atomic mass is 79.9. The maximum absolute atomic E-state index is 5.37. The predicted octanol–water partition coefficient (Wildman–Crippen LogP) is 5.00. The first-order valence-corrected chi connectivity index (χ1v) is 8.72. The van der Waals surface area contributed by atoms with Crippen LogP contribution in [0.2, 0.25) is 0 Å². The molecule has 0 unspecified atom stereocenters. The van der Waals surface area contributed by atoms with Gasteiger partial charge in [-0.05, 0) is 48.3 Å². The summed E-state index contributed by atoms with van der Waals surface area (Å²) in [7, 11) is 0. The first-order valence-electron chi connectivity index (χ1n) is 7.51. The van der Waals surface area contributed by atoms with Crippen molar-refractivity contribution in [2.75, 3.05) is 11.9 Å². The van der Waals surface area contributed by atoms with Gasteiger partial charge >= 0.3 is 0 Å². The predicted molar refractivity (Wildman–Crippen MR) is 102 cm³/mol. The third-order valence-electron chi connectivity index (χ3n) is 3.58. The number of hydrogen-bond donors (Lipinski definition) is 2. The van der Waals surface area contributed by atoms with Crippen molar-refractivity contribution in [2.24, 2.45) is 5.92 Å². The van der Waals surface area contributed by atoms with Crippen molar-refractivity contribution >= 4 is 38.9 Å². The molecule has 0 saturated carbocycles. The molecule has 1 atom stereocenters. The van der Waals surface area contributed by atoms with Crippen LogP contribution in [0, 0.1) is 5.92 Å². The van der Waals surface area contributed by atoms with Gasteiger partial charge in [0.25, 0.3) is 0 Å². The zero-order valence-electron chi connectivity index (χ0n) is 12.7. The molecule has 2 nitrogen and oxygen atoms in total. The van der Waals surface area contributed by atoms with Gasteiger partial charge in [-0.15, -0.1) is 0 Å². The molecular formula is C18H21BrN2S. The Bertz CT molecular complexity index is 601. The van der Waals surface area contributed by atoms with E-state index in [0.717, 1.165) is 29.5 Å². The maximum Gasteiger partial charge on any atom is 0.170 e. The Morgan fingerprint density at radius 2 is 1.91 bits per heavy atom. The van der Waals surface area contributed by atoms with Crippen molar-refractivity contribution in [2.45, 2.75) is 19.8 Å². The molecular weight excluding hydrogens is 356 g/mol. The second-order valence-corrected chi connectivity index (χ2v) is 6.63. The van der Waals surface area contributed by atoms with E-state index in [1.807, 2.05) is 24.3 Å². The van der Waals surface area contributed by atoms with Crippen molar-refractivity contribution < 1.29 is 0 Å². The molecule has 2 aromatic carbocycles. The van der Waals surface area contributed by atoms with Gasteiger partial charge in [-0.1, -0.05) is 65.7 Å². The fourth-order valence-electron chi connectivity index (χ4n) is 2.29. The van der Waals surface area contributed by atoms with Gasteiger partial charge in [-0.25, -0.2) is 0 Å². The number of nitrogens with one attached hydrogen (secondary N) is 2. The number of anilines is 1. The largest absolute Gasteiger partial charge is 0.362 e. The van der Waals surface area contributed by atoms with Crippen LogP contribution in [0.25, 0.3) is 0 Å². The first-order chi connectivity index (χ1) is 10.7. The number of benzene rings is 2. The summed E-state index contributed by atoms with van der Waals surface area (Å²) in [5.74, 6) is 0.574. The van der Waals surface area contributed by atoms with Crippen LogP contribution in [0.4, 0.5) is 5.69 Å². The molecule has 116 valence electrons. The lowest BCUT2D eigenvalue weighted by Gasteiger charge is -2.18. The van der Waals surface area contributed by atoms with Crippen molar-refractivity contribution in [3.63, 3.8) is 0 Å². The summed E-state index contributed by atoms with van der Waals surface area (Å²) in [5.41, 5.74) is 2.37. The average molecular weight is 377 g/mol. The molecule has 4 heteroatoms. The minimum Gasteiger partial charge on any atom is -0.362 e. The molecule has 2 rings (SSSR count). The van der Waals surface area contributed by atoms with Crippen LogP contribution in [-0.2, 0) is 6.42 Å². The molecule has 2 aromatic rings. The Morgan fingerprint density at radius 3 is 2.59 bits per heavy atom. The van der Waals surface area contributed by atoms with Crippen LogP contribution in [-0.4, -0.2) is 11.7 Å². The number of halogens is 1. The highest BCUT2D eigenvalue weighted by Gasteiger charge is 2.08. The second-order valence-electron chi connectivity index (χ2n) is 5.31. The van der Waals surface area contributed by atoms with E-state index in [2.05, 4.69) is 63.8 Å². The highest BCUT2D eigenvalue weighted by molar-refractivity contribution is 9.10. The van der Waals surface area contributed by atoms with Gasteiger partial charge in [-0.3, -0.25) is 0 Å². The number of hydrogen-bond acceptors (Lipinski definition) is 1. The van der Waals surface area contributed by atoms with Gasteiger partial charge in [0.1, 0.15) is 0 Å². The zero-order chi connectivity index (χ0) is 15.8. The third-order valence-corrected chi connectivity index (χ3v) is 4.32. The van der Waals surface area contributed by atoms with Crippen molar-refractivity contribution in [1.82, 2.24) is 5.32 Å². The SMILES string of the molecule is CC[C@@H](CNC(=S)Nc1cccc(Br)c1)Cc1ccccc1. The molecule has 0 radical (unpaired) electrons. The second kappa shape index (κ2) is 8.91. The average Bonchev–Trinajstić information content (AvgIpc) is 2.52. The summed E-state index contributed by atoms with van der Waals surface area (Å²) >= 11 is 8.83. The Balaban J connectivity index is 1.81. The molecule has 0 bridgehead atoms. The lowest BCUT2D eigenvalue weighted by Crippen LogP contribution is -2.33. The molecule has 0 saturated heterocycles. The van der Waals surface area contributed by atoms with Gasteiger partial charge in [0.15, 0.2) is 5.11 Å². The summed E-state index contributed by atoms with van der Waals surface area (Å²) in [5, 5.41) is 7.21. The van der Waals surface area contributed by atoms with E-state index in [4.69, 9.17) is 12.2 Å². The summed E-state index contributed by atoms with van der Waals surface area (Å²) in [4.78, 5) is 0. The molecule has 22 heavy (non-hydrogen) atoms. The molecule has 0 amide bonds. The highest BCUT2D eigenvalue weighted by Crippen LogP contribution is 2.15. The minimum atomic E-state index is 0.574. The summed E-state index contributed by atoms with van der Waals surface area (Å²) < 4.78 is 1.04. The van der Waals surface area contributed by atoms with E-state index >= 15 is 0 Å². The Morgan fingerprint density at radius 1 is 1.14 bits per heavy atom. The van der Waals surface area contributed by atoms with Crippen molar-refractivity contribution in [1.29, 1.82) is 0 Å². The monoisotopic (exact) mass is 376 g/mol. The van der Waals surface area contributed by atoms with Gasteiger partial charge in [0.05, 0.1) is 0 Å². The fraction of sp³-hybridized carbons (Fsp3) is 0.278. The number of rotatable bonds is 6. The van der Waals surface area contributed by atoms with E-state index in [9.17, 15) is 0 Å². The first kappa shape index (κ1) is 17.0. The Kier molecular flexibility index (Phi) is 6.87. The van der Waals surface area contributed by atoms with Crippen molar-refractivity contribution in [3.05, 3.63) is 64.6 Å². The normalized spacial score (nSPS) is 11.7. The Hall–Kier alpha value is -1.39. The van der Waals surface area contributed by atoms with E-state index in [1.54, 1.807) is 0 Å². The number of thiocarbonyl (C=S) groups is 1. The topological polar surface area (TPSA) is 24.1 Å². The van der Waals surface area contributed by atoms with Crippen LogP contribution < -0.4 is 10.6 Å². The lowest BCUT2D eigenvalue weighted by molar-refractivity contribution is 0.498. The smallest absolute Gasteiger partial charge is 0.170 e. The maximum atomic E-state index is 5.37. The van der Waals surface area contributed by atoms with Gasteiger partial charge in [0, 0.05) is 16.7 Å². The molecule has 0 aromatic heterocycles. The van der Waals surface area contributed by atoms with E-state index < -0.39 is 0 Å². The van der Waals surface area contributed by atoms with Crippen LogP contribution in [0.3, 0.4) is 0 Å². The van der Waals surface area contributed by atoms with Crippen LogP contribution in [0.1, 0.15) is 18.9 Å². The standard InChI is InChI=1S/C18H21BrN2S/c1-2-14(11-15-7-4-3-5-8-15)13-20-18(22)21-17-10-6-9-16(19)12-17/h3-10,12,14H,2,11,13H2,1H3,(H2,20,21,22)/t14-/m1/s1. The fourth-order valence-corrected chi connectivity index (χ4v) is 2.89. The minimum absolute atomic E-state index is 0.574. The lowest BCUT2D eigenvalue weighted by atomic mass is 9.97. The summed E-state index contributed by atoms with van der Waals surface area (Å²) in [6.45, 7) is 3.10. The Labute approximate surface area is 146 Å². The van der Waals surface area contributed by atoms with Crippen LogP contribution in [0.15, 0.2) is 59.1 Å². The molecule has 0 fully saturated rings. The van der Waals surface area contributed by atoms with Crippen LogP contribution in [0.5, 0.6) is 0 Å². The van der Waals surface area contributed by atoms with Crippen molar-refractivity contribution in [3.8, 4) is 0 Å². The summed E-state index contributed by atoms with van der Waals surface area (Å²) in [6, 6.07) is 18.6. The molecule has 0 aliphatic carbocycles. The van der Waals surface area contributed by atoms with Gasteiger partial charge in [-0.2, -0.15) is 0 Å². The quantitative estimate of drug-likeness (QED) is 0.693. The summed E-state index contributed by atoms with van der Waals surface area (Å²) in [6.07, 6.45) is 2.20. The molecule has 0 aliphatic rings. The van der Waals surface area contributed by atoms with E-state index in [1.165, 1.54) is 5.56 Å². The van der Waals surface area contributed by atoms with E-state index in [-0.39, 0.29) is 0 Å². The van der Waals surface area contributed by atoms with E-state index in [0.29, 0.717) is 11.0 Å². The molecule has 2 N–H and O–H groups in total. The molecule has 0 aliphatic heterocycles. The van der Waals surface area contributed by atoms with Crippen LogP contribution >= 0.6 is 28.1 Å².